The molecule has 0 bridgehead atoms. The van der Waals surface area contributed by atoms with Gasteiger partial charge in [0.1, 0.15) is 0 Å². The van der Waals surface area contributed by atoms with Crippen molar-refractivity contribution in [1.29, 1.82) is 0 Å². The Kier molecular flexibility index (Phi) is 4.20. The van der Waals surface area contributed by atoms with E-state index >= 15 is 0 Å². The minimum atomic E-state index is 0.0995. The number of thiophene rings is 1. The van der Waals surface area contributed by atoms with Gasteiger partial charge in [-0.05, 0) is 37.3 Å². The maximum absolute atomic E-state index is 5.76. The average molecular weight is 301 g/mol. The van der Waals surface area contributed by atoms with Gasteiger partial charge in [-0.1, -0.05) is 12.1 Å². The minimum Gasteiger partial charge on any atom is -0.472 e. The maximum Gasteiger partial charge on any atom is 0.257 e. The van der Waals surface area contributed by atoms with Crippen LogP contribution in [-0.2, 0) is 0 Å². The molecule has 0 spiro atoms. The molecule has 1 aliphatic rings. The summed E-state index contributed by atoms with van der Waals surface area (Å²) in [5.41, 5.74) is 1.43. The van der Waals surface area contributed by atoms with Gasteiger partial charge in [-0.3, -0.25) is 0 Å². The van der Waals surface area contributed by atoms with Crippen molar-refractivity contribution >= 4 is 22.7 Å². The van der Waals surface area contributed by atoms with Gasteiger partial charge >= 0.3 is 0 Å². The normalized spacial score (nSPS) is 15.2. The molecule has 2 aromatic heterocycles. The number of nitrogens with zero attached hydrogens (tertiary/aromatic N) is 3. The van der Waals surface area contributed by atoms with Crippen LogP contribution < -0.4 is 9.64 Å². The fourth-order valence-corrected chi connectivity index (χ4v) is 3.19. The van der Waals surface area contributed by atoms with Crippen LogP contribution in [0.15, 0.2) is 36.0 Å². The van der Waals surface area contributed by atoms with E-state index in [1.807, 2.05) is 13.8 Å². The third-order valence-corrected chi connectivity index (χ3v) is 4.29. The van der Waals surface area contributed by atoms with Gasteiger partial charge in [0.15, 0.2) is 5.82 Å². The summed E-state index contributed by atoms with van der Waals surface area (Å²) in [5.74, 6) is 1.47. The molecule has 0 aliphatic carbocycles. The van der Waals surface area contributed by atoms with Crippen LogP contribution in [-0.4, -0.2) is 29.2 Å². The van der Waals surface area contributed by atoms with Crippen molar-refractivity contribution in [3.05, 3.63) is 40.9 Å². The van der Waals surface area contributed by atoms with Crippen molar-refractivity contribution < 1.29 is 4.74 Å². The van der Waals surface area contributed by atoms with Crippen LogP contribution in [0.3, 0.4) is 0 Å². The van der Waals surface area contributed by atoms with Crippen molar-refractivity contribution in [2.75, 3.05) is 18.0 Å². The van der Waals surface area contributed by atoms with Gasteiger partial charge in [0, 0.05) is 30.4 Å². The summed E-state index contributed by atoms with van der Waals surface area (Å²) in [5, 5.41) is 2.12. The van der Waals surface area contributed by atoms with Crippen LogP contribution >= 0.6 is 11.3 Å². The maximum atomic E-state index is 5.76. The Hall–Kier alpha value is -1.88. The predicted octanol–water partition coefficient (Wildman–Crippen LogP) is 3.62. The quantitative estimate of drug-likeness (QED) is 0.864. The highest BCUT2D eigenvalue weighted by molar-refractivity contribution is 7.11. The summed E-state index contributed by atoms with van der Waals surface area (Å²) < 4.78 is 5.76. The smallest absolute Gasteiger partial charge is 0.257 e. The summed E-state index contributed by atoms with van der Waals surface area (Å²) in [4.78, 5) is 12.4. The van der Waals surface area contributed by atoms with Gasteiger partial charge < -0.3 is 9.64 Å². The van der Waals surface area contributed by atoms with Crippen LogP contribution in [0.4, 0.5) is 5.82 Å². The van der Waals surface area contributed by atoms with E-state index < -0.39 is 0 Å². The van der Waals surface area contributed by atoms with E-state index in [4.69, 9.17) is 4.74 Å². The van der Waals surface area contributed by atoms with Crippen molar-refractivity contribution in [2.45, 2.75) is 26.4 Å². The standard InChI is InChI=1S/C16H19N3OS/c1-12(2)20-16-15(17-7-8-18-16)19-9-5-13(6-10-19)14-4-3-11-21-14/h3-5,7-8,11-12H,6,9-10H2,1-2H3. The summed E-state index contributed by atoms with van der Waals surface area (Å²) in [6.07, 6.45) is 6.81. The second-order valence-corrected chi connectivity index (χ2v) is 6.20. The molecule has 4 nitrogen and oxygen atoms in total. The Balaban J connectivity index is 1.78. The largest absolute Gasteiger partial charge is 0.472 e. The first-order valence-corrected chi connectivity index (χ1v) is 8.07. The lowest BCUT2D eigenvalue weighted by atomic mass is 10.1. The number of rotatable bonds is 4. The zero-order chi connectivity index (χ0) is 14.7. The van der Waals surface area contributed by atoms with E-state index in [9.17, 15) is 0 Å². The monoisotopic (exact) mass is 301 g/mol. The minimum absolute atomic E-state index is 0.0995. The molecule has 3 heterocycles. The van der Waals surface area contributed by atoms with Crippen LogP contribution in [0.1, 0.15) is 25.1 Å². The van der Waals surface area contributed by atoms with Crippen LogP contribution in [0.2, 0.25) is 0 Å². The molecule has 0 aromatic carbocycles. The number of ether oxygens (including phenoxy) is 1. The van der Waals surface area contributed by atoms with E-state index in [1.54, 1.807) is 23.7 Å². The number of anilines is 1. The Morgan fingerprint density at radius 2 is 2.14 bits per heavy atom. The van der Waals surface area contributed by atoms with Crippen molar-refractivity contribution in [3.8, 4) is 5.88 Å². The van der Waals surface area contributed by atoms with Gasteiger partial charge in [-0.25, -0.2) is 9.97 Å². The van der Waals surface area contributed by atoms with Crippen LogP contribution in [0.5, 0.6) is 5.88 Å². The molecule has 3 rings (SSSR count). The molecule has 5 heteroatoms. The van der Waals surface area contributed by atoms with E-state index in [0.29, 0.717) is 5.88 Å². The lowest BCUT2D eigenvalue weighted by Gasteiger charge is -2.28. The van der Waals surface area contributed by atoms with Gasteiger partial charge in [0.25, 0.3) is 5.88 Å². The van der Waals surface area contributed by atoms with Crippen molar-refractivity contribution in [1.82, 2.24) is 9.97 Å². The van der Waals surface area contributed by atoms with Gasteiger partial charge in [0.05, 0.1) is 6.10 Å². The van der Waals surface area contributed by atoms with E-state index in [2.05, 4.69) is 38.5 Å². The molecule has 1 aliphatic heterocycles. The van der Waals surface area contributed by atoms with Crippen molar-refractivity contribution in [3.63, 3.8) is 0 Å². The zero-order valence-corrected chi connectivity index (χ0v) is 13.1. The third kappa shape index (κ3) is 3.24. The van der Waals surface area contributed by atoms with Crippen LogP contribution in [0, 0.1) is 0 Å². The van der Waals surface area contributed by atoms with Crippen molar-refractivity contribution in [2.24, 2.45) is 0 Å². The zero-order valence-electron chi connectivity index (χ0n) is 12.3. The lowest BCUT2D eigenvalue weighted by Crippen LogP contribution is -2.30. The van der Waals surface area contributed by atoms with Crippen LogP contribution in [0.25, 0.3) is 5.57 Å². The first kappa shape index (κ1) is 14.1. The molecule has 0 unspecified atom stereocenters. The Bertz CT molecular complexity index is 622. The Morgan fingerprint density at radius 1 is 1.29 bits per heavy atom. The van der Waals surface area contributed by atoms with E-state index in [1.165, 1.54) is 10.5 Å². The topological polar surface area (TPSA) is 38.3 Å². The molecular formula is C16H19N3OS. The molecule has 0 radical (unpaired) electrons. The Labute approximate surface area is 129 Å². The molecule has 0 atom stereocenters. The number of aromatic nitrogens is 2. The molecule has 0 saturated heterocycles. The first-order valence-electron chi connectivity index (χ1n) is 7.19. The second-order valence-electron chi connectivity index (χ2n) is 5.25. The summed E-state index contributed by atoms with van der Waals surface area (Å²) >= 11 is 1.80. The highest BCUT2D eigenvalue weighted by Gasteiger charge is 2.19. The first-order chi connectivity index (χ1) is 10.2. The van der Waals surface area contributed by atoms with Gasteiger partial charge in [-0.15, -0.1) is 11.3 Å². The highest BCUT2D eigenvalue weighted by Crippen LogP contribution is 2.30. The molecule has 21 heavy (non-hydrogen) atoms. The molecule has 0 saturated carbocycles. The van der Waals surface area contributed by atoms with Gasteiger partial charge in [-0.2, -0.15) is 0 Å². The summed E-state index contributed by atoms with van der Waals surface area (Å²) in [6.45, 7) is 5.80. The lowest BCUT2D eigenvalue weighted by molar-refractivity contribution is 0.232. The molecule has 2 aromatic rings. The molecule has 0 amide bonds. The summed E-state index contributed by atoms with van der Waals surface area (Å²) in [7, 11) is 0. The number of hydrogen-bond acceptors (Lipinski definition) is 5. The second kappa shape index (κ2) is 6.26. The Morgan fingerprint density at radius 3 is 2.81 bits per heavy atom. The fourth-order valence-electron chi connectivity index (χ4n) is 2.39. The van der Waals surface area contributed by atoms with Gasteiger partial charge in [0.2, 0.25) is 0 Å². The highest BCUT2D eigenvalue weighted by atomic mass is 32.1. The molecule has 110 valence electrons. The third-order valence-electron chi connectivity index (χ3n) is 3.34. The van der Waals surface area contributed by atoms with E-state index in [-0.39, 0.29) is 6.10 Å². The molecular weight excluding hydrogens is 282 g/mol. The molecule has 0 fully saturated rings. The molecule has 0 N–H and O–H groups in total. The number of hydrogen-bond donors (Lipinski definition) is 0. The summed E-state index contributed by atoms with van der Waals surface area (Å²) in [6, 6.07) is 4.28. The SMILES string of the molecule is CC(C)Oc1nccnc1N1CC=C(c2cccs2)CC1. The fraction of sp³-hybridized carbons (Fsp3) is 0.375. The predicted molar refractivity (Wildman–Crippen MR) is 86.9 cm³/mol. The average Bonchev–Trinajstić information content (AvgIpc) is 3.02. The van der Waals surface area contributed by atoms with E-state index in [0.717, 1.165) is 25.3 Å².